The van der Waals surface area contributed by atoms with E-state index in [9.17, 15) is 9.59 Å². The molecule has 0 radical (unpaired) electrons. The predicted molar refractivity (Wildman–Crippen MR) is 126 cm³/mol. The molecule has 1 aliphatic rings. The fourth-order valence-electron chi connectivity index (χ4n) is 3.86. The van der Waals surface area contributed by atoms with E-state index in [1.807, 2.05) is 95.3 Å². The molecule has 0 aliphatic carbocycles. The van der Waals surface area contributed by atoms with Crippen molar-refractivity contribution in [3.8, 4) is 0 Å². The molecule has 3 aromatic rings. The van der Waals surface area contributed by atoms with Crippen molar-refractivity contribution < 1.29 is 9.59 Å². The van der Waals surface area contributed by atoms with Crippen molar-refractivity contribution in [2.45, 2.75) is 34.6 Å². The lowest BCUT2D eigenvalue weighted by atomic mass is 9.99. The van der Waals surface area contributed by atoms with Gasteiger partial charge in [-0.25, -0.2) is 4.90 Å². The summed E-state index contributed by atoms with van der Waals surface area (Å²) in [4.78, 5) is 28.5. The summed E-state index contributed by atoms with van der Waals surface area (Å²) in [5, 5.41) is 3.30. The fourth-order valence-corrected chi connectivity index (χ4v) is 3.86. The minimum Gasteiger partial charge on any atom is -0.350 e. The molecule has 0 fully saturated rings. The summed E-state index contributed by atoms with van der Waals surface area (Å²) in [7, 11) is 0. The molecule has 3 aromatic carbocycles. The number of amides is 2. The fraction of sp³-hybridized carbons (Fsp3) is 0.185. The van der Waals surface area contributed by atoms with Gasteiger partial charge in [0.2, 0.25) is 0 Å². The van der Waals surface area contributed by atoms with Crippen LogP contribution in [0.2, 0.25) is 0 Å². The maximum atomic E-state index is 13.6. The molecule has 2 amide bonds. The van der Waals surface area contributed by atoms with Gasteiger partial charge in [-0.3, -0.25) is 9.59 Å². The molecule has 1 heterocycles. The van der Waals surface area contributed by atoms with Crippen molar-refractivity contribution in [1.29, 1.82) is 0 Å². The van der Waals surface area contributed by atoms with Crippen LogP contribution >= 0.6 is 0 Å². The highest BCUT2D eigenvalue weighted by molar-refractivity contribution is 6.46. The summed E-state index contributed by atoms with van der Waals surface area (Å²) >= 11 is 0. The van der Waals surface area contributed by atoms with Crippen LogP contribution in [-0.4, -0.2) is 11.8 Å². The number of nitrogens with one attached hydrogen (secondary N) is 1. The second-order valence-corrected chi connectivity index (χ2v) is 8.15. The number of anilines is 2. The number of rotatable bonds is 4. The van der Waals surface area contributed by atoms with Gasteiger partial charge in [0.25, 0.3) is 11.8 Å². The van der Waals surface area contributed by atoms with E-state index in [0.29, 0.717) is 17.0 Å². The molecular formula is C27H26N2O2. The van der Waals surface area contributed by atoms with Crippen molar-refractivity contribution in [3.63, 3.8) is 0 Å². The van der Waals surface area contributed by atoms with E-state index in [0.717, 1.165) is 39.1 Å². The first kappa shape index (κ1) is 20.6. The number of hydrogen-bond acceptors (Lipinski definition) is 3. The Morgan fingerprint density at radius 1 is 0.677 bits per heavy atom. The second-order valence-electron chi connectivity index (χ2n) is 8.15. The van der Waals surface area contributed by atoms with E-state index < -0.39 is 0 Å². The zero-order chi connectivity index (χ0) is 22.3. The number of nitrogens with zero attached hydrogens (tertiary/aromatic N) is 1. The maximum Gasteiger partial charge on any atom is 0.282 e. The van der Waals surface area contributed by atoms with Gasteiger partial charge in [0.1, 0.15) is 5.70 Å². The van der Waals surface area contributed by atoms with Gasteiger partial charge in [0.05, 0.1) is 11.3 Å². The molecule has 0 spiro atoms. The Hall–Kier alpha value is -3.66. The third-order valence-electron chi connectivity index (χ3n) is 6.10. The van der Waals surface area contributed by atoms with Crippen molar-refractivity contribution in [2.75, 3.05) is 10.2 Å². The highest BCUT2D eigenvalue weighted by Gasteiger charge is 2.41. The van der Waals surface area contributed by atoms with Gasteiger partial charge in [0, 0.05) is 5.69 Å². The van der Waals surface area contributed by atoms with E-state index >= 15 is 0 Å². The molecular weight excluding hydrogens is 384 g/mol. The van der Waals surface area contributed by atoms with Crippen LogP contribution in [0.5, 0.6) is 0 Å². The highest BCUT2D eigenvalue weighted by atomic mass is 16.2. The van der Waals surface area contributed by atoms with Crippen LogP contribution in [0.1, 0.15) is 33.4 Å². The molecule has 1 aliphatic heterocycles. The first-order valence-electron chi connectivity index (χ1n) is 10.4. The number of para-hydroxylation sites is 1. The van der Waals surface area contributed by atoms with Crippen molar-refractivity contribution in [2.24, 2.45) is 0 Å². The van der Waals surface area contributed by atoms with E-state index in [2.05, 4.69) is 5.32 Å². The van der Waals surface area contributed by atoms with Crippen LogP contribution in [0, 0.1) is 34.6 Å². The van der Waals surface area contributed by atoms with E-state index in [1.165, 1.54) is 4.90 Å². The Kier molecular flexibility index (Phi) is 5.24. The molecule has 31 heavy (non-hydrogen) atoms. The summed E-state index contributed by atoms with van der Waals surface area (Å²) in [6.45, 7) is 9.98. The molecule has 0 aromatic heterocycles. The number of hydrogen-bond donors (Lipinski definition) is 1. The molecule has 4 rings (SSSR count). The molecule has 4 heteroatoms. The second kappa shape index (κ2) is 7.88. The standard InChI is InChI=1S/C27H26N2O2/c1-16-13-14-21(15-19(16)4)24-25(28-22-11-8-10-17(2)20(22)5)27(31)29(26(24)30)23-12-7-6-9-18(23)3/h6-15,28H,1-5H3. The number of carbonyl (C=O) groups is 2. The normalized spacial score (nSPS) is 13.9. The lowest BCUT2D eigenvalue weighted by Crippen LogP contribution is -2.33. The van der Waals surface area contributed by atoms with Crippen molar-refractivity contribution >= 4 is 28.8 Å². The van der Waals surface area contributed by atoms with Gasteiger partial charge in [0.15, 0.2) is 0 Å². The maximum absolute atomic E-state index is 13.6. The average molecular weight is 411 g/mol. The van der Waals surface area contributed by atoms with Crippen LogP contribution in [0.4, 0.5) is 11.4 Å². The predicted octanol–water partition coefficient (Wildman–Crippen LogP) is 5.63. The number of benzene rings is 3. The smallest absolute Gasteiger partial charge is 0.282 e. The van der Waals surface area contributed by atoms with Crippen LogP contribution in [-0.2, 0) is 9.59 Å². The molecule has 4 nitrogen and oxygen atoms in total. The van der Waals surface area contributed by atoms with Crippen molar-refractivity contribution in [3.05, 3.63) is 99.7 Å². The van der Waals surface area contributed by atoms with E-state index in [-0.39, 0.29) is 11.8 Å². The van der Waals surface area contributed by atoms with Crippen molar-refractivity contribution in [1.82, 2.24) is 0 Å². The van der Waals surface area contributed by atoms with E-state index in [4.69, 9.17) is 0 Å². The molecule has 1 N–H and O–H groups in total. The Morgan fingerprint density at radius 2 is 1.39 bits per heavy atom. The van der Waals surface area contributed by atoms with Crippen LogP contribution in [0.15, 0.2) is 66.4 Å². The number of aryl methyl sites for hydroxylation is 4. The first-order valence-corrected chi connectivity index (χ1v) is 10.4. The molecule has 156 valence electrons. The Morgan fingerprint density at radius 3 is 2.10 bits per heavy atom. The summed E-state index contributed by atoms with van der Waals surface area (Å²) in [5.74, 6) is -0.649. The lowest BCUT2D eigenvalue weighted by molar-refractivity contribution is -0.120. The van der Waals surface area contributed by atoms with Gasteiger partial charge in [-0.2, -0.15) is 0 Å². The zero-order valence-corrected chi connectivity index (χ0v) is 18.5. The summed E-state index contributed by atoms with van der Waals surface area (Å²) in [6, 6.07) is 19.2. The molecule has 0 atom stereocenters. The first-order chi connectivity index (χ1) is 14.8. The minimum atomic E-state index is -0.339. The zero-order valence-electron chi connectivity index (χ0n) is 18.5. The Balaban J connectivity index is 1.89. The Labute approximate surface area is 183 Å². The minimum absolute atomic E-state index is 0.310. The van der Waals surface area contributed by atoms with Crippen LogP contribution in [0.25, 0.3) is 5.57 Å². The van der Waals surface area contributed by atoms with E-state index in [1.54, 1.807) is 0 Å². The topological polar surface area (TPSA) is 49.4 Å². The van der Waals surface area contributed by atoms with Gasteiger partial charge in [-0.05, 0) is 80.1 Å². The monoisotopic (exact) mass is 410 g/mol. The largest absolute Gasteiger partial charge is 0.350 e. The molecule has 0 unspecified atom stereocenters. The Bertz CT molecular complexity index is 1250. The summed E-state index contributed by atoms with van der Waals surface area (Å²) in [6.07, 6.45) is 0. The quantitative estimate of drug-likeness (QED) is 0.568. The van der Waals surface area contributed by atoms with Gasteiger partial charge in [-0.1, -0.05) is 48.5 Å². The van der Waals surface area contributed by atoms with Crippen LogP contribution < -0.4 is 10.2 Å². The molecule has 0 saturated heterocycles. The molecule has 0 saturated carbocycles. The molecule has 0 bridgehead atoms. The SMILES string of the molecule is Cc1ccc(C2=C(Nc3cccc(C)c3C)C(=O)N(c3ccccc3C)C2=O)cc1C. The summed E-state index contributed by atoms with van der Waals surface area (Å²) in [5.41, 5.74) is 8.13. The van der Waals surface area contributed by atoms with Gasteiger partial charge >= 0.3 is 0 Å². The lowest BCUT2D eigenvalue weighted by Gasteiger charge is -2.18. The third-order valence-corrected chi connectivity index (χ3v) is 6.10. The average Bonchev–Trinajstić information content (AvgIpc) is 2.98. The number of carbonyl (C=O) groups excluding carboxylic acids is 2. The van der Waals surface area contributed by atoms with Gasteiger partial charge < -0.3 is 5.32 Å². The highest BCUT2D eigenvalue weighted by Crippen LogP contribution is 2.36. The number of imide groups is 1. The van der Waals surface area contributed by atoms with Crippen LogP contribution in [0.3, 0.4) is 0 Å². The summed E-state index contributed by atoms with van der Waals surface area (Å²) < 4.78 is 0. The third kappa shape index (κ3) is 3.55. The van der Waals surface area contributed by atoms with Gasteiger partial charge in [-0.15, -0.1) is 0 Å².